The first kappa shape index (κ1) is 14.8. The van der Waals surface area contributed by atoms with E-state index in [1.165, 1.54) is 12.1 Å². The third-order valence-corrected chi connectivity index (χ3v) is 3.48. The molecule has 1 N–H and O–H groups in total. The molecule has 1 amide bonds. The zero-order chi connectivity index (χ0) is 15.7. The number of carbonyl (C=O) groups excluding carboxylic acids is 1. The Kier molecular flexibility index (Phi) is 4.00. The van der Waals surface area contributed by atoms with Crippen molar-refractivity contribution in [3.63, 3.8) is 0 Å². The van der Waals surface area contributed by atoms with Crippen LogP contribution in [0.25, 0.3) is 16.9 Å². The average molecular weight is 338 g/mol. The monoisotopic (exact) mass is 337 g/mol. The minimum Gasteiger partial charge on any atom is -0.308 e. The van der Waals surface area contributed by atoms with Crippen LogP contribution in [-0.2, 0) is 4.79 Å². The fraction of sp³-hybridized carbons (Fsp3) is 0.0667. The second kappa shape index (κ2) is 5.94. The lowest BCUT2D eigenvalue weighted by atomic mass is 10.1. The zero-order valence-electron chi connectivity index (χ0n) is 11.1. The summed E-state index contributed by atoms with van der Waals surface area (Å²) < 4.78 is 14.8. The van der Waals surface area contributed by atoms with Crippen LogP contribution in [0.3, 0.4) is 0 Å². The molecule has 0 aliphatic rings. The Morgan fingerprint density at radius 1 is 1.18 bits per heavy atom. The highest BCUT2D eigenvalue weighted by Crippen LogP contribution is 2.29. The van der Waals surface area contributed by atoms with E-state index in [1.54, 1.807) is 34.9 Å². The number of carbonyl (C=O) groups is 1. The normalized spacial score (nSPS) is 11.1. The number of rotatable bonds is 3. The predicted octanol–water partition coefficient (Wildman–Crippen LogP) is 3.88. The van der Waals surface area contributed by atoms with Gasteiger partial charge in [-0.05, 0) is 36.4 Å². The number of hydrogen-bond acceptors (Lipinski definition) is 2. The van der Waals surface area contributed by atoms with E-state index in [2.05, 4.69) is 10.3 Å². The molecule has 7 heteroatoms. The number of benzene rings is 1. The number of amides is 1. The van der Waals surface area contributed by atoms with Gasteiger partial charge in [-0.2, -0.15) is 0 Å². The number of nitrogens with zero attached hydrogens (tertiary/aromatic N) is 2. The summed E-state index contributed by atoms with van der Waals surface area (Å²) in [6.07, 6.45) is 1.75. The number of aromatic nitrogens is 2. The molecule has 3 aromatic rings. The van der Waals surface area contributed by atoms with Crippen molar-refractivity contribution in [1.29, 1.82) is 0 Å². The van der Waals surface area contributed by atoms with Crippen LogP contribution in [0.4, 0.5) is 10.2 Å². The van der Waals surface area contributed by atoms with Crippen LogP contribution in [0, 0.1) is 5.82 Å². The molecular formula is C15H10Cl2FN3O. The molecule has 22 heavy (non-hydrogen) atoms. The van der Waals surface area contributed by atoms with Crippen molar-refractivity contribution >= 4 is 40.6 Å². The quantitative estimate of drug-likeness (QED) is 0.737. The lowest BCUT2D eigenvalue weighted by Gasteiger charge is -2.08. The summed E-state index contributed by atoms with van der Waals surface area (Å²) in [5, 5.41) is 2.65. The van der Waals surface area contributed by atoms with E-state index in [0.717, 1.165) is 0 Å². The summed E-state index contributed by atoms with van der Waals surface area (Å²) in [4.78, 5) is 15.1. The molecule has 0 radical (unpaired) electrons. The van der Waals surface area contributed by atoms with Crippen LogP contribution >= 0.6 is 23.2 Å². The maximum atomic E-state index is 13.1. The van der Waals surface area contributed by atoms with Crippen LogP contribution in [0.15, 0.2) is 48.7 Å². The molecule has 0 aliphatic carbocycles. The third kappa shape index (κ3) is 2.77. The lowest BCUT2D eigenvalue weighted by Crippen LogP contribution is -2.20. The van der Waals surface area contributed by atoms with Crippen molar-refractivity contribution in [1.82, 2.24) is 9.38 Å². The van der Waals surface area contributed by atoms with E-state index < -0.39 is 10.7 Å². The van der Waals surface area contributed by atoms with E-state index in [9.17, 15) is 9.18 Å². The van der Waals surface area contributed by atoms with Crippen molar-refractivity contribution in [2.45, 2.75) is 4.84 Å². The van der Waals surface area contributed by atoms with Crippen LogP contribution in [0.2, 0.25) is 0 Å². The summed E-state index contributed by atoms with van der Waals surface area (Å²) in [6.45, 7) is 0. The number of fused-ring (bicyclic) bond motifs is 1. The second-order valence-corrected chi connectivity index (χ2v) is 5.63. The first-order valence-electron chi connectivity index (χ1n) is 6.38. The van der Waals surface area contributed by atoms with Gasteiger partial charge in [0.1, 0.15) is 23.0 Å². The molecule has 0 spiro atoms. The van der Waals surface area contributed by atoms with Gasteiger partial charge in [0.15, 0.2) is 4.84 Å². The second-order valence-electron chi connectivity index (χ2n) is 4.53. The SMILES string of the molecule is O=C(Nc1c(-c2ccc(F)cc2)nc2ccccn12)C(Cl)Cl. The molecule has 1 aromatic carbocycles. The van der Waals surface area contributed by atoms with Gasteiger partial charge in [-0.15, -0.1) is 0 Å². The van der Waals surface area contributed by atoms with E-state index in [1.807, 2.05) is 6.07 Å². The number of halogens is 3. The molecule has 112 valence electrons. The van der Waals surface area contributed by atoms with E-state index in [4.69, 9.17) is 23.2 Å². The van der Waals surface area contributed by atoms with Gasteiger partial charge in [-0.1, -0.05) is 29.3 Å². The molecule has 4 nitrogen and oxygen atoms in total. The van der Waals surface area contributed by atoms with E-state index >= 15 is 0 Å². The zero-order valence-corrected chi connectivity index (χ0v) is 12.6. The van der Waals surface area contributed by atoms with E-state index in [-0.39, 0.29) is 5.82 Å². The van der Waals surface area contributed by atoms with Gasteiger partial charge in [-0.3, -0.25) is 9.20 Å². The Hall–Kier alpha value is -2.11. The standard InChI is InChI=1S/C15H10Cl2FN3O/c16-13(17)15(22)20-14-12(9-4-6-10(18)7-5-9)19-11-3-1-2-8-21(11)14/h1-8,13H,(H,20,22). The molecule has 2 heterocycles. The Morgan fingerprint density at radius 2 is 1.91 bits per heavy atom. The van der Waals surface area contributed by atoms with Gasteiger partial charge in [0.2, 0.25) is 0 Å². The van der Waals surface area contributed by atoms with E-state index in [0.29, 0.717) is 22.7 Å². The molecule has 2 aromatic heterocycles. The van der Waals surface area contributed by atoms with Gasteiger partial charge < -0.3 is 5.32 Å². The highest BCUT2D eigenvalue weighted by atomic mass is 35.5. The van der Waals surface area contributed by atoms with Gasteiger partial charge in [0.25, 0.3) is 5.91 Å². The first-order valence-corrected chi connectivity index (χ1v) is 7.25. The van der Waals surface area contributed by atoms with Crippen molar-refractivity contribution in [2.24, 2.45) is 0 Å². The first-order chi connectivity index (χ1) is 10.6. The van der Waals surface area contributed by atoms with Crippen LogP contribution in [0.5, 0.6) is 0 Å². The van der Waals surface area contributed by atoms with Gasteiger partial charge in [0.05, 0.1) is 0 Å². The summed E-state index contributed by atoms with van der Waals surface area (Å²) in [7, 11) is 0. The fourth-order valence-corrected chi connectivity index (χ4v) is 2.20. The molecule has 0 bridgehead atoms. The molecule has 3 rings (SSSR count). The smallest absolute Gasteiger partial charge is 0.258 e. The topological polar surface area (TPSA) is 46.4 Å². The van der Waals surface area contributed by atoms with Crippen LogP contribution in [-0.4, -0.2) is 20.1 Å². The highest BCUT2D eigenvalue weighted by Gasteiger charge is 2.19. The maximum Gasteiger partial charge on any atom is 0.258 e. The Bertz CT molecular complexity index is 830. The molecule has 0 saturated carbocycles. The number of imidazole rings is 1. The van der Waals surface area contributed by atoms with Crippen molar-refractivity contribution in [2.75, 3.05) is 5.32 Å². The molecule has 0 fully saturated rings. The van der Waals surface area contributed by atoms with Crippen LogP contribution < -0.4 is 5.32 Å². The van der Waals surface area contributed by atoms with Gasteiger partial charge in [0, 0.05) is 11.8 Å². The van der Waals surface area contributed by atoms with Crippen molar-refractivity contribution < 1.29 is 9.18 Å². The number of anilines is 1. The molecule has 0 aliphatic heterocycles. The largest absolute Gasteiger partial charge is 0.308 e. The number of pyridine rings is 1. The molecule has 0 saturated heterocycles. The lowest BCUT2D eigenvalue weighted by molar-refractivity contribution is -0.114. The van der Waals surface area contributed by atoms with Crippen LogP contribution in [0.1, 0.15) is 0 Å². The molecular weight excluding hydrogens is 328 g/mol. The summed E-state index contributed by atoms with van der Waals surface area (Å²) in [5.74, 6) is -0.476. The van der Waals surface area contributed by atoms with Gasteiger partial charge in [-0.25, -0.2) is 9.37 Å². The highest BCUT2D eigenvalue weighted by molar-refractivity contribution is 6.54. The Labute approximate surface area is 135 Å². The van der Waals surface area contributed by atoms with Crippen molar-refractivity contribution in [3.8, 4) is 11.3 Å². The number of nitrogens with one attached hydrogen (secondary N) is 1. The average Bonchev–Trinajstić information content (AvgIpc) is 2.87. The predicted molar refractivity (Wildman–Crippen MR) is 84.7 cm³/mol. The number of hydrogen-bond donors (Lipinski definition) is 1. The number of alkyl halides is 2. The molecule has 0 unspecified atom stereocenters. The molecule has 0 atom stereocenters. The summed E-state index contributed by atoms with van der Waals surface area (Å²) in [6, 6.07) is 11.3. The summed E-state index contributed by atoms with van der Waals surface area (Å²) in [5.41, 5.74) is 1.81. The Morgan fingerprint density at radius 3 is 2.59 bits per heavy atom. The third-order valence-electron chi connectivity index (χ3n) is 3.09. The van der Waals surface area contributed by atoms with Gasteiger partial charge >= 0.3 is 0 Å². The maximum absolute atomic E-state index is 13.1. The Balaban J connectivity index is 2.16. The minimum absolute atomic E-state index is 0.348. The fourth-order valence-electron chi connectivity index (χ4n) is 2.10. The van der Waals surface area contributed by atoms with Crippen molar-refractivity contribution in [3.05, 3.63) is 54.5 Å². The summed E-state index contributed by atoms with van der Waals surface area (Å²) >= 11 is 11.2. The minimum atomic E-state index is -1.20.